The number of nitrogens with one attached hydrogen (secondary N) is 4. The van der Waals surface area contributed by atoms with Crippen molar-refractivity contribution in [1.29, 1.82) is 10.5 Å². The molecule has 5 aliphatic heterocycles. The molecule has 0 saturated carbocycles. The van der Waals surface area contributed by atoms with E-state index in [0.717, 1.165) is 187 Å². The number of piperazine rings is 4. The van der Waals surface area contributed by atoms with Crippen LogP contribution in [-0.2, 0) is 0 Å². The van der Waals surface area contributed by atoms with Gasteiger partial charge in [0, 0.05) is 213 Å². The SMILES string of the molecule is COc1ccc(-c2cc(=O)n3cc(N4CCC(N(C)C)CC4)ccc3n2)cc1OC.COc1ccc(-c2cc(=O)n3cc(N4CCNCC4)ccc3n2)cc1C.COc1ccc(-c2cc(=O)n3cc(N4CCNCC4)ccc3n2)cc1C#N.N#Cc1cccc(-c2cc(=O)n3cc(N4CCNCC4)ccc3n2)c1.O=c1cc(-c2ccc(O)c(F)c2)nc2ccc(N3CCNCC3)cn12. The van der Waals surface area contributed by atoms with Gasteiger partial charge in [-0.15, -0.1) is 0 Å². The molecule has 0 unspecified atom stereocenters. The Balaban J connectivity index is 0.000000121. The number of ether oxygens (including phenoxy) is 4. The van der Waals surface area contributed by atoms with Crippen LogP contribution in [0.4, 0.5) is 32.8 Å². The zero-order valence-corrected chi connectivity index (χ0v) is 75.1. The molecule has 5 fully saturated rings. The van der Waals surface area contributed by atoms with Crippen LogP contribution in [0.15, 0.2) is 243 Å². The molecule has 0 bridgehead atoms. The summed E-state index contributed by atoms with van der Waals surface area (Å²) in [5.41, 5.74) is 15.8. The van der Waals surface area contributed by atoms with Crippen LogP contribution < -0.4 is 92.5 Å². The Morgan fingerprint density at radius 3 is 1.01 bits per heavy atom. The lowest BCUT2D eigenvalue weighted by atomic mass is 10.0. The summed E-state index contributed by atoms with van der Waals surface area (Å²) in [5, 5.41) is 40.9. The minimum Gasteiger partial charge on any atom is -0.505 e. The van der Waals surface area contributed by atoms with Crippen molar-refractivity contribution < 1.29 is 28.4 Å². The number of halogens is 1. The zero-order valence-electron chi connectivity index (χ0n) is 75.1. The van der Waals surface area contributed by atoms with Gasteiger partial charge in [-0.25, -0.2) is 29.3 Å². The molecule has 33 heteroatoms. The number of hydrogen-bond donors (Lipinski definition) is 5. The number of nitrogens with zero attached hydrogens (tertiary/aromatic N) is 18. The largest absolute Gasteiger partial charge is 0.505 e. The minimum absolute atomic E-state index is 0.0737. The number of benzene rings is 5. The number of anilines is 5. The van der Waals surface area contributed by atoms with E-state index in [0.29, 0.717) is 102 Å². The fourth-order valence-electron chi connectivity index (χ4n) is 16.9. The Labute approximate surface area is 765 Å². The summed E-state index contributed by atoms with van der Waals surface area (Å²) in [6, 6.07) is 59.4. The minimum atomic E-state index is -0.742. The van der Waals surface area contributed by atoms with Gasteiger partial charge in [0.1, 0.15) is 45.8 Å². The van der Waals surface area contributed by atoms with Gasteiger partial charge in [0.05, 0.1) is 103 Å². The maximum atomic E-state index is 13.6. The van der Waals surface area contributed by atoms with Crippen molar-refractivity contribution in [1.82, 2.24) is 73.1 Å². The van der Waals surface area contributed by atoms with Crippen molar-refractivity contribution in [2.24, 2.45) is 0 Å². The third kappa shape index (κ3) is 21.1. The van der Waals surface area contributed by atoms with Crippen LogP contribution in [0.2, 0.25) is 0 Å². The van der Waals surface area contributed by atoms with Crippen molar-refractivity contribution in [2.75, 3.05) is 185 Å². The number of methoxy groups -OCH3 is 4. The molecular formula is C100H103FN22O10. The number of aromatic hydroxyl groups is 1. The van der Waals surface area contributed by atoms with Gasteiger partial charge in [-0.3, -0.25) is 46.0 Å². The quantitative estimate of drug-likeness (QED) is 0.0637. The standard InChI is InChI=1S/C23H28N4O3.C20H19N5O2.C20H22N4O2.C19H17N5O.C18H17FN4O2/c1-25(2)17-9-11-26(12-10-17)18-6-8-22-24-19(14-23(28)27(22)15-18)16-5-7-20(29-3)21(13-16)30-4;1-27-18-4-2-14(10-15(18)12-21)17-11-20(26)25-13-16(3-5-19(25)23-17)24-8-6-22-7-9-24;1-14-11-15(3-5-18(14)26-2)17-12-20(25)24-13-16(4-6-19(24)22-17)23-9-7-21-8-10-23;20-12-14-2-1-3-15(10-14)17-11-19(25)24-13-16(4-5-18(24)22-17)23-8-6-21-7-9-23;19-14-9-12(1-3-16(14)24)15-10-18(25)23-11-13(2-4-17(23)21-15)22-7-5-20-6-8-22/h5-8,13-15,17H,9-12H2,1-4H3;2-5,10-11,13,22H,6-9H2,1H3;3-6,11-13,21H,7-10H2,1-2H3;1-5,10-11,13,21H,6-9H2;1-4,9-11,20,24H,5-8H2. The molecular weight excluding hydrogens is 1690 g/mol. The average Bonchev–Trinajstić information content (AvgIpc) is 0.795. The number of hydrogen-bond acceptors (Lipinski definition) is 27. The van der Waals surface area contributed by atoms with E-state index in [9.17, 15) is 38.7 Å². The molecule has 680 valence electrons. The Morgan fingerprint density at radius 2 is 0.677 bits per heavy atom. The van der Waals surface area contributed by atoms with Crippen LogP contribution >= 0.6 is 0 Å². The molecule has 0 radical (unpaired) electrons. The second-order valence-electron chi connectivity index (χ2n) is 32.7. The highest BCUT2D eigenvalue weighted by molar-refractivity contribution is 5.71. The van der Waals surface area contributed by atoms with Gasteiger partial charge in [0.15, 0.2) is 23.1 Å². The first kappa shape index (κ1) is 90.9. The molecule has 20 rings (SSSR count). The number of aryl methyl sites for hydroxylation is 1. The molecule has 10 aromatic heterocycles. The van der Waals surface area contributed by atoms with Gasteiger partial charge in [0.2, 0.25) is 0 Å². The summed E-state index contributed by atoms with van der Waals surface area (Å²) in [5.74, 6) is 1.40. The average molecular weight is 1790 g/mol. The predicted molar refractivity (Wildman–Crippen MR) is 516 cm³/mol. The number of aromatic nitrogens is 10. The van der Waals surface area contributed by atoms with E-state index in [2.05, 4.69) is 103 Å². The van der Waals surface area contributed by atoms with Crippen LogP contribution in [-0.4, -0.2) is 223 Å². The Bertz CT molecular complexity index is 7200. The molecule has 5 N–H and O–H groups in total. The van der Waals surface area contributed by atoms with E-state index in [1.807, 2.05) is 123 Å². The molecule has 133 heavy (non-hydrogen) atoms. The van der Waals surface area contributed by atoms with Crippen molar-refractivity contribution in [3.05, 3.63) is 293 Å². The number of pyridine rings is 5. The van der Waals surface area contributed by atoms with Crippen molar-refractivity contribution in [2.45, 2.75) is 25.8 Å². The number of rotatable bonds is 15. The highest BCUT2D eigenvalue weighted by Crippen LogP contribution is 2.34. The molecule has 32 nitrogen and oxygen atoms in total. The van der Waals surface area contributed by atoms with Gasteiger partial charge < -0.3 is 74.7 Å². The lowest BCUT2D eigenvalue weighted by molar-refractivity contribution is 0.249. The van der Waals surface area contributed by atoms with Gasteiger partial charge in [-0.05, 0) is 185 Å². The molecule has 15 aromatic rings. The summed E-state index contributed by atoms with van der Waals surface area (Å²) in [6.45, 7) is 18.8. The van der Waals surface area contributed by atoms with Crippen molar-refractivity contribution in [3.8, 4) is 97.2 Å². The van der Waals surface area contributed by atoms with Crippen molar-refractivity contribution in [3.63, 3.8) is 0 Å². The van der Waals surface area contributed by atoms with E-state index < -0.39 is 11.6 Å². The van der Waals surface area contributed by atoms with E-state index in [-0.39, 0.29) is 27.8 Å². The van der Waals surface area contributed by atoms with Gasteiger partial charge in [-0.1, -0.05) is 12.1 Å². The smallest absolute Gasteiger partial charge is 0.258 e. The zero-order chi connectivity index (χ0) is 92.8. The first-order chi connectivity index (χ1) is 64.7. The number of nitriles is 2. The summed E-state index contributed by atoms with van der Waals surface area (Å²) in [4.78, 5) is 100.0. The molecule has 5 saturated heterocycles. The monoisotopic (exact) mass is 1790 g/mol. The first-order valence-electron chi connectivity index (χ1n) is 44.1. The van der Waals surface area contributed by atoms with Crippen LogP contribution in [0.5, 0.6) is 28.7 Å². The number of phenolic OH excluding ortho intramolecular Hbond substituents is 1. The van der Waals surface area contributed by atoms with Gasteiger partial charge >= 0.3 is 0 Å². The highest BCUT2D eigenvalue weighted by Gasteiger charge is 2.24. The third-order valence-corrected chi connectivity index (χ3v) is 24.2. The fraction of sp³-hybridized carbons (Fsp3) is 0.280. The van der Waals surface area contributed by atoms with E-state index in [4.69, 9.17) is 29.2 Å². The van der Waals surface area contributed by atoms with Crippen molar-refractivity contribution >= 4 is 56.7 Å². The Kier molecular flexibility index (Phi) is 28.4. The van der Waals surface area contributed by atoms with Crippen LogP contribution in [0.3, 0.4) is 0 Å². The van der Waals surface area contributed by atoms with E-state index >= 15 is 0 Å². The highest BCUT2D eigenvalue weighted by atomic mass is 19.1. The van der Waals surface area contributed by atoms with E-state index in [1.54, 1.807) is 99.7 Å². The number of piperidine rings is 1. The Hall–Kier alpha value is -15.4. The summed E-state index contributed by atoms with van der Waals surface area (Å²) < 4.78 is 42.6. The van der Waals surface area contributed by atoms with Gasteiger partial charge in [-0.2, -0.15) is 10.5 Å². The lowest BCUT2D eigenvalue weighted by Crippen LogP contribution is -2.43. The fourth-order valence-corrected chi connectivity index (χ4v) is 16.9. The second-order valence-corrected chi connectivity index (χ2v) is 32.7. The van der Waals surface area contributed by atoms with Crippen LogP contribution in [0.25, 0.3) is 84.5 Å². The topological polar surface area (TPSA) is 344 Å². The molecule has 0 spiro atoms. The summed E-state index contributed by atoms with van der Waals surface area (Å²) in [7, 11) is 10.6. The Morgan fingerprint density at radius 1 is 0.361 bits per heavy atom. The van der Waals surface area contributed by atoms with Crippen LogP contribution in [0, 0.1) is 35.4 Å². The predicted octanol–water partition coefficient (Wildman–Crippen LogP) is 9.91. The molecule has 5 aromatic carbocycles. The number of phenols is 1. The molecule has 0 aliphatic carbocycles. The number of fused-ring (bicyclic) bond motifs is 5. The summed E-state index contributed by atoms with van der Waals surface area (Å²) in [6.07, 6.45) is 11.5. The summed E-state index contributed by atoms with van der Waals surface area (Å²) >= 11 is 0. The maximum absolute atomic E-state index is 13.6. The second kappa shape index (κ2) is 41.6. The molecule has 15 heterocycles. The van der Waals surface area contributed by atoms with Gasteiger partial charge in [0.25, 0.3) is 27.8 Å². The van der Waals surface area contributed by atoms with E-state index in [1.165, 1.54) is 47.9 Å². The first-order valence-corrected chi connectivity index (χ1v) is 44.1. The molecule has 0 amide bonds. The lowest BCUT2D eigenvalue weighted by Gasteiger charge is -2.36. The molecule has 5 aliphatic rings. The molecule has 0 atom stereocenters. The third-order valence-electron chi connectivity index (χ3n) is 24.2. The normalized spacial score (nSPS) is 14.6. The van der Waals surface area contributed by atoms with Crippen LogP contribution in [0.1, 0.15) is 29.5 Å². The maximum Gasteiger partial charge on any atom is 0.258 e.